The molecule has 2 fully saturated rings. The Hall–Kier alpha value is -0.650. The van der Waals surface area contributed by atoms with Crippen LogP contribution in [0, 0.1) is 0 Å². The van der Waals surface area contributed by atoms with Gasteiger partial charge in [0.25, 0.3) is 0 Å². The molecule has 0 aromatic heterocycles. The highest BCUT2D eigenvalue weighted by Crippen LogP contribution is 2.10. The minimum Gasteiger partial charge on any atom is -0.339 e. The first-order valence-corrected chi connectivity index (χ1v) is 7.11. The van der Waals surface area contributed by atoms with Crippen molar-refractivity contribution in [3.05, 3.63) is 0 Å². The molecule has 104 valence electrons. The fraction of sp³-hybridized carbons (Fsp3) is 0.923. The lowest BCUT2D eigenvalue weighted by atomic mass is 10.1. The normalized spacial score (nSPS) is 27.4. The van der Waals surface area contributed by atoms with Crippen LogP contribution in [-0.2, 0) is 4.79 Å². The highest BCUT2D eigenvalue weighted by molar-refractivity contribution is 5.78. The lowest BCUT2D eigenvalue weighted by Crippen LogP contribution is -2.55. The zero-order chi connectivity index (χ0) is 13.0. The smallest absolute Gasteiger partial charge is 0.236 e. The number of carbonyl (C=O) groups is 1. The lowest BCUT2D eigenvalue weighted by Gasteiger charge is -2.39. The Morgan fingerprint density at radius 1 is 1.22 bits per heavy atom. The standard InChI is InChI=1S/C13H26N4O/c1-3-12-10-16(9-8-15(12)2)11-13(18)17-6-4-14-5-7-17/h12,14H,3-11H2,1-2H3. The molecule has 5 heteroatoms. The van der Waals surface area contributed by atoms with Crippen molar-refractivity contribution >= 4 is 5.91 Å². The van der Waals surface area contributed by atoms with Gasteiger partial charge in [0.1, 0.15) is 0 Å². The SMILES string of the molecule is CCC1CN(CC(=O)N2CCNCC2)CCN1C. The predicted molar refractivity (Wildman–Crippen MR) is 72.6 cm³/mol. The van der Waals surface area contributed by atoms with Crippen LogP contribution in [0.4, 0.5) is 0 Å². The van der Waals surface area contributed by atoms with Gasteiger partial charge in [-0.25, -0.2) is 0 Å². The van der Waals surface area contributed by atoms with Crippen LogP contribution < -0.4 is 5.32 Å². The van der Waals surface area contributed by atoms with Gasteiger partial charge in [-0.3, -0.25) is 9.69 Å². The Balaban J connectivity index is 1.80. The monoisotopic (exact) mass is 254 g/mol. The van der Waals surface area contributed by atoms with E-state index in [4.69, 9.17) is 0 Å². The zero-order valence-corrected chi connectivity index (χ0v) is 11.7. The summed E-state index contributed by atoms with van der Waals surface area (Å²) in [5.41, 5.74) is 0. The van der Waals surface area contributed by atoms with Crippen LogP contribution in [-0.4, -0.2) is 86.1 Å². The number of nitrogens with one attached hydrogen (secondary N) is 1. The molecule has 0 aromatic rings. The molecule has 5 nitrogen and oxygen atoms in total. The molecule has 2 heterocycles. The summed E-state index contributed by atoms with van der Waals surface area (Å²) in [4.78, 5) is 18.9. The summed E-state index contributed by atoms with van der Waals surface area (Å²) in [6.45, 7) is 9.56. The molecule has 0 aromatic carbocycles. The average molecular weight is 254 g/mol. The molecule has 0 bridgehead atoms. The quantitative estimate of drug-likeness (QED) is 0.733. The Kier molecular flexibility index (Phi) is 4.97. The fourth-order valence-electron chi connectivity index (χ4n) is 2.80. The second-order valence-corrected chi connectivity index (χ2v) is 5.41. The minimum absolute atomic E-state index is 0.302. The Morgan fingerprint density at radius 3 is 2.61 bits per heavy atom. The highest BCUT2D eigenvalue weighted by atomic mass is 16.2. The van der Waals surface area contributed by atoms with E-state index >= 15 is 0 Å². The van der Waals surface area contributed by atoms with Crippen LogP contribution >= 0.6 is 0 Å². The maximum Gasteiger partial charge on any atom is 0.236 e. The van der Waals surface area contributed by atoms with Crippen LogP contribution in [0.5, 0.6) is 0 Å². The van der Waals surface area contributed by atoms with Gasteiger partial charge in [0, 0.05) is 51.9 Å². The zero-order valence-electron chi connectivity index (χ0n) is 11.7. The van der Waals surface area contributed by atoms with Crippen LogP contribution in [0.1, 0.15) is 13.3 Å². The number of nitrogens with zero attached hydrogens (tertiary/aromatic N) is 3. The van der Waals surface area contributed by atoms with Crippen molar-refractivity contribution in [2.45, 2.75) is 19.4 Å². The largest absolute Gasteiger partial charge is 0.339 e. The number of carbonyl (C=O) groups excluding carboxylic acids is 1. The van der Waals surface area contributed by atoms with Crippen LogP contribution in [0.25, 0.3) is 0 Å². The van der Waals surface area contributed by atoms with Crippen LogP contribution in [0.3, 0.4) is 0 Å². The maximum absolute atomic E-state index is 12.2. The molecule has 1 unspecified atom stereocenters. The third-order valence-corrected chi connectivity index (χ3v) is 4.16. The van der Waals surface area contributed by atoms with Crippen molar-refractivity contribution in [3.63, 3.8) is 0 Å². The first-order chi connectivity index (χ1) is 8.70. The second kappa shape index (κ2) is 6.50. The summed E-state index contributed by atoms with van der Waals surface area (Å²) < 4.78 is 0. The Morgan fingerprint density at radius 2 is 1.94 bits per heavy atom. The van der Waals surface area contributed by atoms with Gasteiger partial charge >= 0.3 is 0 Å². The maximum atomic E-state index is 12.2. The molecule has 0 radical (unpaired) electrons. The third kappa shape index (κ3) is 3.43. The van der Waals surface area contributed by atoms with E-state index in [9.17, 15) is 4.79 Å². The van der Waals surface area contributed by atoms with Gasteiger partial charge in [-0.15, -0.1) is 0 Å². The molecule has 1 amide bonds. The lowest BCUT2D eigenvalue weighted by molar-refractivity contribution is -0.133. The van der Waals surface area contributed by atoms with Crippen molar-refractivity contribution in [2.24, 2.45) is 0 Å². The number of likely N-dealkylation sites (N-methyl/N-ethyl adjacent to an activating group) is 1. The summed E-state index contributed by atoms with van der Waals surface area (Å²) in [6.07, 6.45) is 1.16. The van der Waals surface area contributed by atoms with Crippen molar-refractivity contribution in [1.29, 1.82) is 0 Å². The van der Waals surface area contributed by atoms with Crippen LogP contribution in [0.15, 0.2) is 0 Å². The van der Waals surface area contributed by atoms with E-state index in [1.807, 2.05) is 4.90 Å². The molecule has 1 atom stereocenters. The number of hydrogen-bond donors (Lipinski definition) is 1. The van der Waals surface area contributed by atoms with Gasteiger partial charge in [0.2, 0.25) is 5.91 Å². The van der Waals surface area contributed by atoms with Crippen molar-refractivity contribution < 1.29 is 4.79 Å². The molecule has 0 aliphatic carbocycles. The highest BCUT2D eigenvalue weighted by Gasteiger charge is 2.26. The number of hydrogen-bond acceptors (Lipinski definition) is 4. The fourth-order valence-corrected chi connectivity index (χ4v) is 2.80. The predicted octanol–water partition coefficient (Wildman–Crippen LogP) is -0.556. The molecule has 2 aliphatic rings. The first-order valence-electron chi connectivity index (χ1n) is 7.11. The molecule has 2 rings (SSSR count). The van der Waals surface area contributed by atoms with Gasteiger partial charge in [0.05, 0.1) is 6.54 Å². The van der Waals surface area contributed by atoms with Gasteiger partial charge in [-0.2, -0.15) is 0 Å². The number of amides is 1. The summed E-state index contributed by atoms with van der Waals surface area (Å²) >= 11 is 0. The van der Waals surface area contributed by atoms with Gasteiger partial charge in [0.15, 0.2) is 0 Å². The molecular formula is C13H26N4O. The Labute approximate surface area is 110 Å². The summed E-state index contributed by atoms with van der Waals surface area (Å²) in [5.74, 6) is 0.302. The summed E-state index contributed by atoms with van der Waals surface area (Å²) in [7, 11) is 2.18. The van der Waals surface area contributed by atoms with Crippen molar-refractivity contribution in [2.75, 3.05) is 59.4 Å². The molecule has 0 spiro atoms. The number of rotatable bonds is 3. The molecule has 1 N–H and O–H groups in total. The summed E-state index contributed by atoms with van der Waals surface area (Å²) in [6, 6.07) is 0.606. The minimum atomic E-state index is 0.302. The molecular weight excluding hydrogens is 228 g/mol. The van der Waals surface area contributed by atoms with Crippen molar-refractivity contribution in [3.8, 4) is 0 Å². The van der Waals surface area contributed by atoms with E-state index in [2.05, 4.69) is 29.1 Å². The first kappa shape index (κ1) is 13.8. The molecule has 0 saturated carbocycles. The van der Waals surface area contributed by atoms with E-state index in [-0.39, 0.29) is 0 Å². The molecule has 2 aliphatic heterocycles. The molecule has 18 heavy (non-hydrogen) atoms. The van der Waals surface area contributed by atoms with Gasteiger partial charge in [-0.1, -0.05) is 6.92 Å². The topological polar surface area (TPSA) is 38.8 Å². The van der Waals surface area contributed by atoms with E-state index in [1.165, 1.54) is 0 Å². The van der Waals surface area contributed by atoms with E-state index in [1.54, 1.807) is 0 Å². The van der Waals surface area contributed by atoms with E-state index in [0.29, 0.717) is 18.5 Å². The Bertz CT molecular complexity index is 278. The van der Waals surface area contributed by atoms with Gasteiger partial charge in [-0.05, 0) is 13.5 Å². The van der Waals surface area contributed by atoms with Crippen molar-refractivity contribution in [1.82, 2.24) is 20.0 Å². The van der Waals surface area contributed by atoms with E-state index < -0.39 is 0 Å². The third-order valence-electron chi connectivity index (χ3n) is 4.16. The van der Waals surface area contributed by atoms with Gasteiger partial charge < -0.3 is 15.1 Å². The van der Waals surface area contributed by atoms with Crippen LogP contribution in [0.2, 0.25) is 0 Å². The second-order valence-electron chi connectivity index (χ2n) is 5.41. The summed E-state index contributed by atoms with van der Waals surface area (Å²) in [5, 5.41) is 3.28. The molecule has 2 saturated heterocycles. The average Bonchev–Trinajstić information content (AvgIpc) is 2.42. The van der Waals surface area contributed by atoms with E-state index in [0.717, 1.165) is 52.2 Å². The number of piperazine rings is 2.